The van der Waals surface area contributed by atoms with Crippen LogP contribution < -0.4 is 10.1 Å². The van der Waals surface area contributed by atoms with Crippen molar-refractivity contribution in [1.82, 2.24) is 10.3 Å². The molecule has 1 N–H and O–H groups in total. The van der Waals surface area contributed by atoms with Crippen molar-refractivity contribution in [2.45, 2.75) is 33.7 Å². The Hall–Kier alpha value is -1.87. The average molecular weight is 284 g/mol. The predicted octanol–water partition coefficient (Wildman–Crippen LogP) is 3.96. The summed E-state index contributed by atoms with van der Waals surface area (Å²) in [6.07, 6.45) is 1.15. The highest BCUT2D eigenvalue weighted by molar-refractivity contribution is 5.67. The van der Waals surface area contributed by atoms with Crippen LogP contribution in [0.4, 0.5) is 0 Å². The van der Waals surface area contributed by atoms with Gasteiger partial charge in [-0.05, 0) is 50.6 Å². The van der Waals surface area contributed by atoms with Gasteiger partial charge in [-0.1, -0.05) is 25.1 Å². The Bertz CT molecular complexity index is 581. The first-order chi connectivity index (χ1) is 10.3. The minimum absolute atomic E-state index is 0.662. The molecule has 0 saturated carbocycles. The summed E-state index contributed by atoms with van der Waals surface area (Å²) in [5.41, 5.74) is 4.34. The molecule has 0 aliphatic rings. The largest absolute Gasteiger partial charge is 0.493 e. The summed E-state index contributed by atoms with van der Waals surface area (Å²) in [6.45, 7) is 8.81. The smallest absolute Gasteiger partial charge is 0.128 e. The lowest BCUT2D eigenvalue weighted by Gasteiger charge is -2.12. The molecule has 1 aromatic carbocycles. The fourth-order valence-electron chi connectivity index (χ4n) is 2.29. The van der Waals surface area contributed by atoms with Crippen LogP contribution in [0.2, 0.25) is 0 Å². The van der Waals surface area contributed by atoms with E-state index in [0.717, 1.165) is 42.2 Å². The minimum atomic E-state index is 0.662. The van der Waals surface area contributed by atoms with E-state index >= 15 is 0 Å². The van der Waals surface area contributed by atoms with Gasteiger partial charge in [-0.3, -0.25) is 4.98 Å². The normalized spacial score (nSPS) is 10.6. The number of nitrogens with zero attached hydrogens (tertiary/aromatic N) is 1. The molecule has 0 radical (unpaired) electrons. The van der Waals surface area contributed by atoms with Gasteiger partial charge >= 0.3 is 0 Å². The molecule has 1 heterocycles. The fourth-order valence-corrected chi connectivity index (χ4v) is 2.29. The molecule has 21 heavy (non-hydrogen) atoms. The molecular formula is C18H24N2O. The van der Waals surface area contributed by atoms with Crippen LogP contribution in [0.5, 0.6) is 5.75 Å². The van der Waals surface area contributed by atoms with Crippen LogP contribution in [-0.4, -0.2) is 18.1 Å². The van der Waals surface area contributed by atoms with Crippen LogP contribution in [0.3, 0.4) is 0 Å². The molecule has 3 nitrogen and oxygen atoms in total. The number of benzene rings is 1. The maximum Gasteiger partial charge on any atom is 0.128 e. The van der Waals surface area contributed by atoms with Crippen molar-refractivity contribution in [2.75, 3.05) is 13.2 Å². The first kappa shape index (κ1) is 15.5. The van der Waals surface area contributed by atoms with Gasteiger partial charge in [-0.25, -0.2) is 0 Å². The monoisotopic (exact) mass is 284 g/mol. The van der Waals surface area contributed by atoms with E-state index in [9.17, 15) is 0 Å². The van der Waals surface area contributed by atoms with E-state index in [1.54, 1.807) is 0 Å². The Kier molecular flexibility index (Phi) is 5.76. The molecule has 3 heteroatoms. The van der Waals surface area contributed by atoms with E-state index in [0.29, 0.717) is 6.61 Å². The standard InChI is InChI=1S/C18H24N2O/c1-4-12-19-13-15-10-11-17(20-14(15)3)16-8-6-7-9-18(16)21-5-2/h6-11,19H,4-5,12-13H2,1-3H3. The number of aryl methyl sites for hydroxylation is 1. The average Bonchev–Trinajstić information content (AvgIpc) is 2.50. The third-order valence-corrected chi connectivity index (χ3v) is 3.40. The number of pyridine rings is 1. The topological polar surface area (TPSA) is 34.1 Å². The molecule has 0 unspecified atom stereocenters. The number of aromatic nitrogens is 1. The second-order valence-corrected chi connectivity index (χ2v) is 5.05. The summed E-state index contributed by atoms with van der Waals surface area (Å²) in [7, 11) is 0. The van der Waals surface area contributed by atoms with Gasteiger partial charge in [-0.15, -0.1) is 0 Å². The van der Waals surface area contributed by atoms with E-state index < -0.39 is 0 Å². The first-order valence-corrected chi connectivity index (χ1v) is 7.65. The number of ether oxygens (including phenoxy) is 1. The Labute approximate surface area is 127 Å². The highest BCUT2D eigenvalue weighted by atomic mass is 16.5. The van der Waals surface area contributed by atoms with E-state index in [4.69, 9.17) is 9.72 Å². The van der Waals surface area contributed by atoms with Gasteiger partial charge in [0.15, 0.2) is 0 Å². The molecule has 0 amide bonds. The summed E-state index contributed by atoms with van der Waals surface area (Å²) in [4.78, 5) is 4.75. The molecular weight excluding hydrogens is 260 g/mol. The van der Waals surface area contributed by atoms with Crippen LogP contribution in [0, 0.1) is 6.92 Å². The summed E-state index contributed by atoms with van der Waals surface area (Å²) >= 11 is 0. The van der Waals surface area contributed by atoms with Crippen molar-refractivity contribution in [1.29, 1.82) is 0 Å². The van der Waals surface area contributed by atoms with Gasteiger partial charge in [-0.2, -0.15) is 0 Å². The van der Waals surface area contributed by atoms with Crippen molar-refractivity contribution in [2.24, 2.45) is 0 Å². The van der Waals surface area contributed by atoms with Crippen molar-refractivity contribution in [3.8, 4) is 17.0 Å². The van der Waals surface area contributed by atoms with Crippen molar-refractivity contribution < 1.29 is 4.74 Å². The first-order valence-electron chi connectivity index (χ1n) is 7.65. The zero-order valence-electron chi connectivity index (χ0n) is 13.1. The molecule has 112 valence electrons. The summed E-state index contributed by atoms with van der Waals surface area (Å²) < 4.78 is 5.69. The lowest BCUT2D eigenvalue weighted by molar-refractivity contribution is 0.341. The second kappa shape index (κ2) is 7.79. The molecule has 1 aromatic heterocycles. The number of para-hydroxylation sites is 1. The van der Waals surface area contributed by atoms with E-state index in [1.165, 1.54) is 5.56 Å². The molecule has 0 fully saturated rings. The number of rotatable bonds is 7. The third-order valence-electron chi connectivity index (χ3n) is 3.40. The van der Waals surface area contributed by atoms with Gasteiger partial charge in [0.2, 0.25) is 0 Å². The predicted molar refractivity (Wildman–Crippen MR) is 87.6 cm³/mol. The molecule has 2 rings (SSSR count). The lowest BCUT2D eigenvalue weighted by atomic mass is 10.1. The molecule has 0 bridgehead atoms. The molecule has 0 spiro atoms. The number of nitrogens with one attached hydrogen (secondary N) is 1. The third kappa shape index (κ3) is 4.05. The van der Waals surface area contributed by atoms with Crippen LogP contribution in [0.15, 0.2) is 36.4 Å². The molecule has 0 atom stereocenters. The van der Waals surface area contributed by atoms with Crippen molar-refractivity contribution in [3.63, 3.8) is 0 Å². The van der Waals surface area contributed by atoms with E-state index in [2.05, 4.69) is 37.4 Å². The summed E-state index contributed by atoms with van der Waals surface area (Å²) in [5, 5.41) is 3.42. The van der Waals surface area contributed by atoms with Crippen molar-refractivity contribution >= 4 is 0 Å². The Balaban J connectivity index is 2.23. The maximum absolute atomic E-state index is 5.69. The molecule has 0 aliphatic carbocycles. The SMILES string of the molecule is CCCNCc1ccc(-c2ccccc2OCC)nc1C. The van der Waals surface area contributed by atoms with E-state index in [-0.39, 0.29) is 0 Å². The Morgan fingerprint density at radius 2 is 1.90 bits per heavy atom. The molecule has 0 aliphatic heterocycles. The minimum Gasteiger partial charge on any atom is -0.493 e. The quantitative estimate of drug-likeness (QED) is 0.782. The van der Waals surface area contributed by atoms with Crippen LogP contribution in [0.1, 0.15) is 31.5 Å². The lowest BCUT2D eigenvalue weighted by Crippen LogP contribution is -2.15. The highest BCUT2D eigenvalue weighted by Crippen LogP contribution is 2.29. The van der Waals surface area contributed by atoms with Crippen molar-refractivity contribution in [3.05, 3.63) is 47.7 Å². The van der Waals surface area contributed by atoms with Crippen LogP contribution in [-0.2, 0) is 6.54 Å². The van der Waals surface area contributed by atoms with E-state index in [1.807, 2.05) is 25.1 Å². The Morgan fingerprint density at radius 1 is 1.10 bits per heavy atom. The zero-order valence-corrected chi connectivity index (χ0v) is 13.1. The molecule has 0 saturated heterocycles. The zero-order chi connectivity index (χ0) is 15.1. The number of hydrogen-bond acceptors (Lipinski definition) is 3. The summed E-state index contributed by atoms with van der Waals surface area (Å²) in [6, 6.07) is 12.3. The van der Waals surface area contributed by atoms with Gasteiger partial charge in [0.05, 0.1) is 12.3 Å². The number of hydrogen-bond donors (Lipinski definition) is 1. The van der Waals surface area contributed by atoms with Gasteiger partial charge < -0.3 is 10.1 Å². The Morgan fingerprint density at radius 3 is 2.62 bits per heavy atom. The second-order valence-electron chi connectivity index (χ2n) is 5.05. The summed E-state index contributed by atoms with van der Waals surface area (Å²) in [5.74, 6) is 0.892. The molecule has 2 aromatic rings. The fraction of sp³-hybridized carbons (Fsp3) is 0.389. The maximum atomic E-state index is 5.69. The van der Waals surface area contributed by atoms with Crippen LogP contribution >= 0.6 is 0 Å². The van der Waals surface area contributed by atoms with Crippen LogP contribution in [0.25, 0.3) is 11.3 Å². The highest BCUT2D eigenvalue weighted by Gasteiger charge is 2.08. The van der Waals surface area contributed by atoms with Gasteiger partial charge in [0, 0.05) is 17.8 Å². The van der Waals surface area contributed by atoms with Gasteiger partial charge in [0.25, 0.3) is 0 Å². The van der Waals surface area contributed by atoms with Gasteiger partial charge in [0.1, 0.15) is 5.75 Å².